The number of carbonyl (C=O) groups excluding carboxylic acids is 2. The van der Waals surface area contributed by atoms with Gasteiger partial charge in [0.05, 0.1) is 6.42 Å². The zero-order valence-corrected chi connectivity index (χ0v) is 20.9. The molecule has 0 aliphatic carbocycles. The Morgan fingerprint density at radius 2 is 1.59 bits per heavy atom. The molecule has 3 aromatic carbocycles. The normalized spacial score (nSPS) is 11.8. The van der Waals surface area contributed by atoms with Crippen molar-refractivity contribution in [3.8, 4) is 0 Å². The Morgan fingerprint density at radius 1 is 0.912 bits per heavy atom. The maximum Gasteiger partial charge on any atom is 0.243 e. The van der Waals surface area contributed by atoms with Crippen LogP contribution in [0.3, 0.4) is 0 Å². The number of carbonyl (C=O) groups is 2. The Balaban J connectivity index is 1.97. The molecule has 0 saturated heterocycles. The van der Waals surface area contributed by atoms with Crippen molar-refractivity contribution in [3.63, 3.8) is 0 Å². The third-order valence-corrected chi connectivity index (χ3v) is 6.06. The zero-order chi connectivity index (χ0) is 24.5. The minimum Gasteiger partial charge on any atom is -0.354 e. The van der Waals surface area contributed by atoms with Crippen molar-refractivity contribution in [2.75, 3.05) is 6.54 Å². The first-order valence-electron chi connectivity index (χ1n) is 11.7. The number of hydrogen-bond acceptors (Lipinski definition) is 2. The molecule has 0 aliphatic heterocycles. The second-order valence-electron chi connectivity index (χ2n) is 9.12. The van der Waals surface area contributed by atoms with Crippen LogP contribution in [0.5, 0.6) is 0 Å². The van der Waals surface area contributed by atoms with Crippen LogP contribution >= 0.6 is 11.6 Å². The first kappa shape index (κ1) is 25.5. The van der Waals surface area contributed by atoms with Crippen LogP contribution in [0.1, 0.15) is 36.1 Å². The van der Waals surface area contributed by atoms with Crippen molar-refractivity contribution in [3.05, 3.63) is 106 Å². The molecule has 0 bridgehead atoms. The molecule has 2 amide bonds. The predicted molar refractivity (Wildman–Crippen MR) is 139 cm³/mol. The molecule has 0 radical (unpaired) electrons. The highest BCUT2D eigenvalue weighted by molar-refractivity contribution is 6.31. The van der Waals surface area contributed by atoms with Crippen LogP contribution in [-0.4, -0.2) is 29.3 Å². The average molecular weight is 477 g/mol. The molecule has 5 heteroatoms. The van der Waals surface area contributed by atoms with E-state index in [0.717, 1.165) is 22.3 Å². The summed E-state index contributed by atoms with van der Waals surface area (Å²) in [5.41, 5.74) is 3.84. The van der Waals surface area contributed by atoms with Crippen LogP contribution in [0.4, 0.5) is 0 Å². The van der Waals surface area contributed by atoms with E-state index in [2.05, 4.69) is 19.2 Å². The highest BCUT2D eigenvalue weighted by atomic mass is 35.5. The van der Waals surface area contributed by atoms with E-state index >= 15 is 0 Å². The lowest BCUT2D eigenvalue weighted by molar-refractivity contribution is -0.140. The molecule has 0 aliphatic rings. The first-order chi connectivity index (χ1) is 16.3. The van der Waals surface area contributed by atoms with E-state index in [1.54, 1.807) is 4.90 Å². The zero-order valence-electron chi connectivity index (χ0n) is 20.1. The van der Waals surface area contributed by atoms with E-state index in [1.165, 1.54) is 0 Å². The summed E-state index contributed by atoms with van der Waals surface area (Å²) < 4.78 is 0. The topological polar surface area (TPSA) is 49.4 Å². The molecule has 4 nitrogen and oxygen atoms in total. The Kier molecular flexibility index (Phi) is 9.29. The van der Waals surface area contributed by atoms with Gasteiger partial charge in [-0.05, 0) is 35.6 Å². The SMILES string of the molecule is Cc1cccc(CC(=O)N(Cc2ccccc2Cl)[C@H](Cc2ccccc2)C(=O)NCC(C)C)c1. The fraction of sp³-hybridized carbons (Fsp3) is 0.310. The Morgan fingerprint density at radius 3 is 2.26 bits per heavy atom. The molecule has 3 rings (SSSR count). The van der Waals surface area contributed by atoms with Gasteiger partial charge in [0.1, 0.15) is 6.04 Å². The minimum atomic E-state index is -0.658. The van der Waals surface area contributed by atoms with Crippen molar-refractivity contribution < 1.29 is 9.59 Å². The maximum atomic E-state index is 13.7. The predicted octanol–water partition coefficient (Wildman–Crippen LogP) is 5.60. The lowest BCUT2D eigenvalue weighted by Gasteiger charge is -2.32. The standard InChI is InChI=1S/C29H33ClN2O2/c1-21(2)19-31-29(34)27(17-23-11-5-4-6-12-23)32(20-25-14-7-8-15-26(25)30)28(33)18-24-13-9-10-22(3)16-24/h4-16,21,27H,17-20H2,1-3H3,(H,31,34)/t27-/m1/s1. The number of rotatable bonds is 10. The van der Waals surface area contributed by atoms with E-state index in [9.17, 15) is 9.59 Å². The van der Waals surface area contributed by atoms with Gasteiger partial charge in [-0.1, -0.05) is 104 Å². The second-order valence-corrected chi connectivity index (χ2v) is 9.53. The van der Waals surface area contributed by atoms with E-state index < -0.39 is 6.04 Å². The fourth-order valence-electron chi connectivity index (χ4n) is 3.88. The van der Waals surface area contributed by atoms with Gasteiger partial charge in [-0.25, -0.2) is 0 Å². The molecule has 3 aromatic rings. The monoisotopic (exact) mass is 476 g/mol. The lowest BCUT2D eigenvalue weighted by Crippen LogP contribution is -2.51. The van der Waals surface area contributed by atoms with Crippen molar-refractivity contribution in [1.82, 2.24) is 10.2 Å². The Labute approximate surface area is 207 Å². The largest absolute Gasteiger partial charge is 0.354 e. The van der Waals surface area contributed by atoms with E-state index in [1.807, 2.05) is 85.8 Å². The van der Waals surface area contributed by atoms with Crippen LogP contribution < -0.4 is 5.32 Å². The molecule has 0 fully saturated rings. The van der Waals surface area contributed by atoms with Gasteiger partial charge in [0.15, 0.2) is 0 Å². The number of nitrogens with zero attached hydrogens (tertiary/aromatic N) is 1. The highest BCUT2D eigenvalue weighted by Crippen LogP contribution is 2.21. The van der Waals surface area contributed by atoms with Gasteiger partial charge < -0.3 is 10.2 Å². The van der Waals surface area contributed by atoms with Crippen LogP contribution in [0.15, 0.2) is 78.9 Å². The summed E-state index contributed by atoms with van der Waals surface area (Å²) in [6.07, 6.45) is 0.643. The fourth-order valence-corrected chi connectivity index (χ4v) is 4.08. The molecule has 0 aromatic heterocycles. The summed E-state index contributed by atoms with van der Waals surface area (Å²) in [7, 11) is 0. The molecule has 34 heavy (non-hydrogen) atoms. The molecular weight excluding hydrogens is 444 g/mol. The molecule has 178 valence electrons. The Bertz CT molecular complexity index is 1100. The highest BCUT2D eigenvalue weighted by Gasteiger charge is 2.30. The van der Waals surface area contributed by atoms with E-state index in [0.29, 0.717) is 23.9 Å². The summed E-state index contributed by atoms with van der Waals surface area (Å²) in [4.78, 5) is 28.8. The number of amides is 2. The smallest absolute Gasteiger partial charge is 0.243 e. The van der Waals surface area contributed by atoms with Crippen molar-refractivity contribution >= 4 is 23.4 Å². The molecular formula is C29H33ClN2O2. The van der Waals surface area contributed by atoms with Crippen LogP contribution in [-0.2, 0) is 29.0 Å². The lowest BCUT2D eigenvalue weighted by atomic mass is 10.0. The molecule has 0 heterocycles. The molecule has 0 unspecified atom stereocenters. The number of aryl methyl sites for hydroxylation is 1. The van der Waals surface area contributed by atoms with Gasteiger partial charge in [0.2, 0.25) is 11.8 Å². The summed E-state index contributed by atoms with van der Waals surface area (Å²) >= 11 is 6.46. The van der Waals surface area contributed by atoms with Gasteiger partial charge >= 0.3 is 0 Å². The summed E-state index contributed by atoms with van der Waals surface area (Å²) in [6.45, 7) is 6.92. The van der Waals surface area contributed by atoms with Gasteiger partial charge in [-0.2, -0.15) is 0 Å². The van der Waals surface area contributed by atoms with Gasteiger partial charge in [0.25, 0.3) is 0 Å². The number of nitrogens with one attached hydrogen (secondary N) is 1. The maximum absolute atomic E-state index is 13.7. The van der Waals surface area contributed by atoms with Crippen molar-refractivity contribution in [2.24, 2.45) is 5.92 Å². The first-order valence-corrected chi connectivity index (χ1v) is 12.1. The second kappa shape index (κ2) is 12.4. The minimum absolute atomic E-state index is 0.105. The molecule has 1 atom stereocenters. The average Bonchev–Trinajstić information content (AvgIpc) is 2.81. The quantitative estimate of drug-likeness (QED) is 0.414. The van der Waals surface area contributed by atoms with Crippen LogP contribution in [0, 0.1) is 12.8 Å². The third kappa shape index (κ3) is 7.46. The summed E-state index contributed by atoms with van der Waals surface area (Å²) in [6, 6.07) is 24.6. The van der Waals surface area contributed by atoms with Crippen molar-refractivity contribution in [1.29, 1.82) is 0 Å². The third-order valence-electron chi connectivity index (χ3n) is 5.69. The Hall–Kier alpha value is -3.11. The van der Waals surface area contributed by atoms with Gasteiger partial charge in [-0.3, -0.25) is 9.59 Å². The van der Waals surface area contributed by atoms with Gasteiger partial charge in [0, 0.05) is 24.5 Å². The molecule has 0 spiro atoms. The number of halogens is 1. The summed E-state index contributed by atoms with van der Waals surface area (Å²) in [5, 5.41) is 3.63. The molecule has 0 saturated carbocycles. The molecule has 1 N–H and O–H groups in total. The van der Waals surface area contributed by atoms with E-state index in [4.69, 9.17) is 11.6 Å². The van der Waals surface area contributed by atoms with E-state index in [-0.39, 0.29) is 24.8 Å². The van der Waals surface area contributed by atoms with Crippen LogP contribution in [0.25, 0.3) is 0 Å². The van der Waals surface area contributed by atoms with Gasteiger partial charge in [-0.15, -0.1) is 0 Å². The van der Waals surface area contributed by atoms with Crippen molar-refractivity contribution in [2.45, 2.75) is 46.2 Å². The van der Waals surface area contributed by atoms with Crippen LogP contribution in [0.2, 0.25) is 5.02 Å². The summed E-state index contributed by atoms with van der Waals surface area (Å²) in [5.74, 6) is 0.0506. The number of hydrogen-bond donors (Lipinski definition) is 1. The number of benzene rings is 3.